The van der Waals surface area contributed by atoms with Gasteiger partial charge in [0.15, 0.2) is 11.6 Å². The van der Waals surface area contributed by atoms with Crippen molar-refractivity contribution in [2.45, 2.75) is 12.7 Å². The topological polar surface area (TPSA) is 38.3 Å². The van der Waals surface area contributed by atoms with E-state index >= 15 is 0 Å². The summed E-state index contributed by atoms with van der Waals surface area (Å²) in [5.74, 6) is 0.468. The van der Waals surface area contributed by atoms with Gasteiger partial charge in [0.05, 0.1) is 23.6 Å². The lowest BCUT2D eigenvalue weighted by atomic mass is 10.2. The second-order valence-electron chi connectivity index (χ2n) is 4.99. The Morgan fingerprint density at radius 3 is 2.74 bits per heavy atom. The van der Waals surface area contributed by atoms with Gasteiger partial charge in [-0.2, -0.15) is 0 Å². The number of carbonyl (C=O) groups is 1. The Kier molecular flexibility index (Phi) is 6.30. The molecule has 0 spiro atoms. The first-order chi connectivity index (χ1) is 11.0. The zero-order valence-electron chi connectivity index (χ0n) is 12.9. The van der Waals surface area contributed by atoms with Crippen molar-refractivity contribution >= 4 is 35.0 Å². The summed E-state index contributed by atoms with van der Waals surface area (Å²) in [6.07, 6.45) is 0. The summed E-state index contributed by atoms with van der Waals surface area (Å²) in [4.78, 5) is 11.9. The van der Waals surface area contributed by atoms with Crippen LogP contribution < -0.4 is 10.1 Å². The molecule has 0 aliphatic rings. The fourth-order valence-electron chi connectivity index (χ4n) is 1.97. The molecule has 0 saturated heterocycles. The summed E-state index contributed by atoms with van der Waals surface area (Å²) < 4.78 is 18.4. The molecule has 2 rings (SSSR count). The van der Waals surface area contributed by atoms with E-state index in [1.165, 1.54) is 24.9 Å². The summed E-state index contributed by atoms with van der Waals surface area (Å²) in [6, 6.07) is 10.2. The molecule has 0 fully saturated rings. The van der Waals surface area contributed by atoms with E-state index in [0.29, 0.717) is 16.5 Å². The normalized spacial score (nSPS) is 10.4. The number of hydrogen-bond acceptors (Lipinski definition) is 3. The Bertz CT molecular complexity index is 709. The number of nitrogens with one attached hydrogen (secondary N) is 1. The van der Waals surface area contributed by atoms with Gasteiger partial charge in [0, 0.05) is 5.75 Å². The molecule has 0 unspecified atom stereocenters. The van der Waals surface area contributed by atoms with Crippen LogP contribution in [0.5, 0.6) is 5.75 Å². The Labute approximate surface area is 144 Å². The Balaban J connectivity index is 1.84. The molecular formula is C17H17ClFNO2S. The molecule has 0 atom stereocenters. The quantitative estimate of drug-likeness (QED) is 0.820. The lowest BCUT2D eigenvalue weighted by molar-refractivity contribution is -0.113. The summed E-state index contributed by atoms with van der Waals surface area (Å²) in [7, 11) is 1.42. The minimum absolute atomic E-state index is 0.144. The van der Waals surface area contributed by atoms with Crippen LogP contribution in [0, 0.1) is 12.7 Å². The number of aryl methyl sites for hydroxylation is 1. The van der Waals surface area contributed by atoms with Gasteiger partial charge in [0.2, 0.25) is 5.91 Å². The van der Waals surface area contributed by atoms with Gasteiger partial charge in [-0.1, -0.05) is 23.7 Å². The molecule has 0 aliphatic carbocycles. The number of amides is 1. The molecule has 23 heavy (non-hydrogen) atoms. The number of thioether (sulfide) groups is 1. The second-order valence-corrected chi connectivity index (χ2v) is 6.39. The maximum Gasteiger partial charge on any atom is 0.234 e. The first kappa shape index (κ1) is 17.6. The van der Waals surface area contributed by atoms with Crippen LogP contribution in [-0.2, 0) is 10.5 Å². The largest absolute Gasteiger partial charge is 0.494 e. The number of hydrogen-bond donors (Lipinski definition) is 1. The van der Waals surface area contributed by atoms with Gasteiger partial charge < -0.3 is 10.1 Å². The highest BCUT2D eigenvalue weighted by molar-refractivity contribution is 7.99. The van der Waals surface area contributed by atoms with E-state index in [9.17, 15) is 9.18 Å². The summed E-state index contributed by atoms with van der Waals surface area (Å²) in [5.41, 5.74) is 2.43. The molecule has 122 valence electrons. The van der Waals surface area contributed by atoms with Crippen LogP contribution in [0.3, 0.4) is 0 Å². The standard InChI is InChI=1S/C17H17ClFNO2S/c1-11-3-5-15(13(18)7-11)20-17(21)10-23-9-12-4-6-16(22-2)14(19)8-12/h3-8H,9-10H2,1-2H3,(H,20,21). The molecule has 0 aliphatic heterocycles. The number of rotatable bonds is 6. The monoisotopic (exact) mass is 353 g/mol. The third kappa shape index (κ3) is 5.15. The van der Waals surface area contributed by atoms with Gasteiger partial charge in [-0.3, -0.25) is 4.79 Å². The predicted molar refractivity (Wildman–Crippen MR) is 93.9 cm³/mol. The summed E-state index contributed by atoms with van der Waals surface area (Å²) in [6.45, 7) is 1.93. The summed E-state index contributed by atoms with van der Waals surface area (Å²) >= 11 is 7.48. The molecule has 0 aromatic heterocycles. The van der Waals surface area contributed by atoms with Gasteiger partial charge >= 0.3 is 0 Å². The maximum absolute atomic E-state index is 13.6. The average molecular weight is 354 g/mol. The van der Waals surface area contributed by atoms with Crippen LogP contribution in [0.25, 0.3) is 0 Å². The van der Waals surface area contributed by atoms with Crippen molar-refractivity contribution < 1.29 is 13.9 Å². The highest BCUT2D eigenvalue weighted by atomic mass is 35.5. The van der Waals surface area contributed by atoms with Crippen molar-refractivity contribution in [2.75, 3.05) is 18.2 Å². The fraction of sp³-hybridized carbons (Fsp3) is 0.235. The van der Waals surface area contributed by atoms with Gasteiger partial charge in [0.25, 0.3) is 0 Å². The fourth-order valence-corrected chi connectivity index (χ4v) is 3.03. The number of ether oxygens (including phenoxy) is 1. The molecule has 2 aromatic carbocycles. The van der Waals surface area contributed by atoms with E-state index in [2.05, 4.69) is 5.32 Å². The van der Waals surface area contributed by atoms with Crippen molar-refractivity contribution in [1.29, 1.82) is 0 Å². The average Bonchev–Trinajstić information content (AvgIpc) is 2.50. The van der Waals surface area contributed by atoms with Crippen LogP contribution in [0.1, 0.15) is 11.1 Å². The minimum Gasteiger partial charge on any atom is -0.494 e. The molecule has 0 saturated carbocycles. The number of methoxy groups -OCH3 is 1. The highest BCUT2D eigenvalue weighted by Crippen LogP contribution is 2.24. The third-order valence-corrected chi connectivity index (χ3v) is 4.43. The van der Waals surface area contributed by atoms with E-state index < -0.39 is 5.82 Å². The van der Waals surface area contributed by atoms with Crippen LogP contribution in [0.15, 0.2) is 36.4 Å². The molecule has 1 N–H and O–H groups in total. The smallest absolute Gasteiger partial charge is 0.234 e. The Morgan fingerprint density at radius 2 is 2.09 bits per heavy atom. The van der Waals surface area contributed by atoms with Crippen molar-refractivity contribution in [3.05, 3.63) is 58.4 Å². The Hall–Kier alpha value is -1.72. The minimum atomic E-state index is -0.401. The molecule has 3 nitrogen and oxygen atoms in total. The lowest BCUT2D eigenvalue weighted by Crippen LogP contribution is -2.14. The van der Waals surface area contributed by atoms with Gasteiger partial charge in [-0.25, -0.2) is 4.39 Å². The second kappa shape index (κ2) is 8.22. The zero-order chi connectivity index (χ0) is 16.8. The molecule has 0 heterocycles. The van der Waals surface area contributed by atoms with Gasteiger partial charge in [-0.05, 0) is 42.3 Å². The highest BCUT2D eigenvalue weighted by Gasteiger charge is 2.08. The number of anilines is 1. The third-order valence-electron chi connectivity index (χ3n) is 3.12. The van der Waals surface area contributed by atoms with Crippen LogP contribution >= 0.6 is 23.4 Å². The first-order valence-corrected chi connectivity index (χ1v) is 8.49. The van der Waals surface area contributed by atoms with E-state index in [0.717, 1.165) is 11.1 Å². The van der Waals surface area contributed by atoms with Crippen LogP contribution in [0.4, 0.5) is 10.1 Å². The van der Waals surface area contributed by atoms with E-state index in [1.807, 2.05) is 13.0 Å². The maximum atomic E-state index is 13.6. The molecule has 0 bridgehead atoms. The number of carbonyl (C=O) groups excluding carboxylic acids is 1. The summed E-state index contributed by atoms with van der Waals surface area (Å²) in [5, 5.41) is 3.28. The van der Waals surface area contributed by atoms with Crippen molar-refractivity contribution in [3.8, 4) is 5.75 Å². The van der Waals surface area contributed by atoms with E-state index in [-0.39, 0.29) is 17.4 Å². The SMILES string of the molecule is COc1ccc(CSCC(=O)Nc2ccc(C)cc2Cl)cc1F. The van der Waals surface area contributed by atoms with E-state index in [1.54, 1.807) is 24.3 Å². The molecular weight excluding hydrogens is 337 g/mol. The predicted octanol–water partition coefficient (Wildman–Crippen LogP) is 4.67. The van der Waals surface area contributed by atoms with Crippen LogP contribution in [-0.4, -0.2) is 18.8 Å². The molecule has 0 radical (unpaired) electrons. The van der Waals surface area contributed by atoms with Gasteiger partial charge in [0.1, 0.15) is 0 Å². The van der Waals surface area contributed by atoms with Crippen molar-refractivity contribution in [1.82, 2.24) is 0 Å². The van der Waals surface area contributed by atoms with Crippen LogP contribution in [0.2, 0.25) is 5.02 Å². The van der Waals surface area contributed by atoms with E-state index in [4.69, 9.17) is 16.3 Å². The number of halogens is 2. The van der Waals surface area contributed by atoms with Crippen molar-refractivity contribution in [3.63, 3.8) is 0 Å². The first-order valence-electron chi connectivity index (χ1n) is 6.95. The van der Waals surface area contributed by atoms with Crippen molar-refractivity contribution in [2.24, 2.45) is 0 Å². The number of benzene rings is 2. The zero-order valence-corrected chi connectivity index (χ0v) is 14.4. The Morgan fingerprint density at radius 1 is 1.30 bits per heavy atom. The molecule has 2 aromatic rings. The van der Waals surface area contributed by atoms with Gasteiger partial charge in [-0.15, -0.1) is 11.8 Å². The molecule has 6 heteroatoms. The lowest BCUT2D eigenvalue weighted by Gasteiger charge is -2.08. The molecule has 1 amide bonds.